The topological polar surface area (TPSA) is 96.6 Å². The third-order valence-corrected chi connectivity index (χ3v) is 4.76. The lowest BCUT2D eigenvalue weighted by Crippen LogP contribution is -2.41. The Hall–Kier alpha value is -1.58. The molecule has 0 bridgehead atoms. The molecule has 0 radical (unpaired) electrons. The summed E-state index contributed by atoms with van der Waals surface area (Å²) < 4.78 is 6.88. The van der Waals surface area contributed by atoms with Gasteiger partial charge in [0.25, 0.3) is 0 Å². The summed E-state index contributed by atoms with van der Waals surface area (Å²) >= 11 is 0. The van der Waals surface area contributed by atoms with Crippen LogP contribution in [0.1, 0.15) is 5.82 Å². The maximum atomic E-state index is 12.5. The zero-order valence-electron chi connectivity index (χ0n) is 13.5. The summed E-state index contributed by atoms with van der Waals surface area (Å²) in [4.78, 5) is 16.6. The minimum atomic E-state index is 0.00308. The molecule has 9 heteroatoms. The van der Waals surface area contributed by atoms with Crippen LogP contribution in [0, 0.1) is 18.8 Å². The second-order valence-corrected chi connectivity index (χ2v) is 6.30. The van der Waals surface area contributed by atoms with E-state index in [4.69, 9.17) is 4.74 Å². The van der Waals surface area contributed by atoms with E-state index < -0.39 is 0 Å². The fourth-order valence-corrected chi connectivity index (χ4v) is 3.29. The molecule has 0 aromatic carbocycles. The number of aliphatic hydroxyl groups excluding tert-OH is 1. The summed E-state index contributed by atoms with van der Waals surface area (Å²) in [5, 5.41) is 20.8. The first kappa shape index (κ1) is 16.3. The lowest BCUT2D eigenvalue weighted by molar-refractivity contribution is -0.131. The van der Waals surface area contributed by atoms with Crippen LogP contribution >= 0.6 is 0 Å². The molecule has 0 aliphatic carbocycles. The van der Waals surface area contributed by atoms with Crippen LogP contribution in [0.2, 0.25) is 0 Å². The van der Waals surface area contributed by atoms with Crippen molar-refractivity contribution in [3.63, 3.8) is 0 Å². The smallest absolute Gasteiger partial charge is 0.244 e. The van der Waals surface area contributed by atoms with E-state index in [9.17, 15) is 9.90 Å². The molecule has 2 saturated heterocycles. The highest BCUT2D eigenvalue weighted by Gasteiger charge is 2.36. The summed E-state index contributed by atoms with van der Waals surface area (Å²) in [6.07, 6.45) is 0. The Morgan fingerprint density at radius 3 is 2.70 bits per heavy atom. The third kappa shape index (κ3) is 3.85. The molecule has 0 spiro atoms. The SMILES string of the molecule is Cc1nnnn1CC(=O)N1C[C@@H](CN2CCOCC2)[C@@H](CO)C1. The van der Waals surface area contributed by atoms with Crippen LogP contribution in [0.5, 0.6) is 0 Å². The largest absolute Gasteiger partial charge is 0.396 e. The molecule has 1 amide bonds. The van der Waals surface area contributed by atoms with E-state index in [2.05, 4.69) is 20.4 Å². The van der Waals surface area contributed by atoms with Crippen LogP contribution in [0.4, 0.5) is 0 Å². The average molecular weight is 324 g/mol. The predicted octanol–water partition coefficient (Wildman–Crippen LogP) is -1.62. The molecule has 2 aliphatic heterocycles. The lowest BCUT2D eigenvalue weighted by Gasteiger charge is -2.30. The number of aromatic nitrogens is 4. The van der Waals surface area contributed by atoms with Gasteiger partial charge in [0.1, 0.15) is 12.4 Å². The molecule has 0 saturated carbocycles. The van der Waals surface area contributed by atoms with Gasteiger partial charge in [-0.1, -0.05) is 0 Å². The van der Waals surface area contributed by atoms with Crippen LogP contribution in [-0.4, -0.2) is 93.6 Å². The molecule has 3 heterocycles. The number of ether oxygens (including phenoxy) is 1. The molecular formula is C14H24N6O3. The molecule has 128 valence electrons. The normalized spacial score (nSPS) is 25.9. The van der Waals surface area contributed by atoms with Crippen molar-refractivity contribution in [2.75, 3.05) is 52.5 Å². The summed E-state index contributed by atoms with van der Waals surface area (Å²) in [5.74, 6) is 1.07. The molecule has 3 rings (SSSR count). The quantitative estimate of drug-likeness (QED) is 0.695. The number of carbonyl (C=O) groups is 1. The molecule has 23 heavy (non-hydrogen) atoms. The predicted molar refractivity (Wildman–Crippen MR) is 80.5 cm³/mol. The van der Waals surface area contributed by atoms with Crippen molar-refractivity contribution in [1.82, 2.24) is 30.0 Å². The average Bonchev–Trinajstić information content (AvgIpc) is 3.15. The number of carbonyl (C=O) groups excluding carboxylic acids is 1. The van der Waals surface area contributed by atoms with E-state index in [0.29, 0.717) is 24.8 Å². The molecule has 1 aromatic heterocycles. The Labute approximate surface area is 135 Å². The number of amides is 1. The van der Waals surface area contributed by atoms with Gasteiger partial charge in [0.05, 0.1) is 13.2 Å². The monoisotopic (exact) mass is 324 g/mol. The van der Waals surface area contributed by atoms with Gasteiger partial charge in [0.15, 0.2) is 0 Å². The fourth-order valence-electron chi connectivity index (χ4n) is 3.29. The van der Waals surface area contributed by atoms with Crippen LogP contribution in [0.3, 0.4) is 0 Å². The first-order valence-corrected chi connectivity index (χ1v) is 8.09. The number of tetrazole rings is 1. The molecule has 2 atom stereocenters. The Kier molecular flexibility index (Phi) is 5.19. The standard InChI is InChI=1S/C14H24N6O3/c1-11-15-16-17-20(11)9-14(22)19-7-12(13(8-19)10-21)6-18-2-4-23-5-3-18/h12-13,21H,2-10H2,1H3/t12-,13-/m1/s1. The lowest BCUT2D eigenvalue weighted by atomic mass is 9.96. The van der Waals surface area contributed by atoms with Crippen molar-refractivity contribution < 1.29 is 14.6 Å². The zero-order valence-corrected chi connectivity index (χ0v) is 13.5. The summed E-state index contributed by atoms with van der Waals surface area (Å²) in [6, 6.07) is 0. The second-order valence-electron chi connectivity index (χ2n) is 6.30. The van der Waals surface area contributed by atoms with Gasteiger partial charge in [0, 0.05) is 45.2 Å². The Morgan fingerprint density at radius 2 is 2.04 bits per heavy atom. The summed E-state index contributed by atoms with van der Waals surface area (Å²) in [5.41, 5.74) is 0. The second kappa shape index (κ2) is 7.33. The van der Waals surface area contributed by atoms with Crippen molar-refractivity contribution in [3.8, 4) is 0 Å². The first-order valence-electron chi connectivity index (χ1n) is 8.09. The number of morpholine rings is 1. The molecule has 2 fully saturated rings. The van der Waals surface area contributed by atoms with Crippen molar-refractivity contribution >= 4 is 5.91 Å². The Morgan fingerprint density at radius 1 is 1.30 bits per heavy atom. The van der Waals surface area contributed by atoms with Gasteiger partial charge >= 0.3 is 0 Å². The van der Waals surface area contributed by atoms with E-state index in [1.165, 1.54) is 4.68 Å². The van der Waals surface area contributed by atoms with Crippen molar-refractivity contribution in [2.45, 2.75) is 13.5 Å². The van der Waals surface area contributed by atoms with Crippen LogP contribution < -0.4 is 0 Å². The van der Waals surface area contributed by atoms with E-state index in [0.717, 1.165) is 32.8 Å². The van der Waals surface area contributed by atoms with Gasteiger partial charge in [-0.25, -0.2) is 4.68 Å². The number of hydrogen-bond donors (Lipinski definition) is 1. The van der Waals surface area contributed by atoms with Crippen molar-refractivity contribution in [2.24, 2.45) is 11.8 Å². The van der Waals surface area contributed by atoms with E-state index in [1.807, 2.05) is 4.90 Å². The van der Waals surface area contributed by atoms with Crippen LogP contribution in [0.25, 0.3) is 0 Å². The number of aliphatic hydroxyl groups is 1. The fraction of sp³-hybridized carbons (Fsp3) is 0.857. The molecule has 1 N–H and O–H groups in total. The Balaban J connectivity index is 1.57. The zero-order chi connectivity index (χ0) is 16.2. The minimum Gasteiger partial charge on any atom is -0.396 e. The molecule has 0 unspecified atom stereocenters. The van der Waals surface area contributed by atoms with Gasteiger partial charge < -0.3 is 14.7 Å². The summed E-state index contributed by atoms with van der Waals surface area (Å²) in [6.45, 7) is 7.60. The number of rotatable bonds is 5. The van der Waals surface area contributed by atoms with E-state index in [1.54, 1.807) is 6.92 Å². The van der Waals surface area contributed by atoms with E-state index in [-0.39, 0.29) is 25.0 Å². The molecule has 9 nitrogen and oxygen atoms in total. The van der Waals surface area contributed by atoms with Gasteiger partial charge in [0.2, 0.25) is 5.91 Å². The highest BCUT2D eigenvalue weighted by atomic mass is 16.5. The highest BCUT2D eigenvalue weighted by molar-refractivity contribution is 5.76. The maximum Gasteiger partial charge on any atom is 0.244 e. The van der Waals surface area contributed by atoms with Crippen LogP contribution in [0.15, 0.2) is 0 Å². The molecule has 2 aliphatic rings. The third-order valence-electron chi connectivity index (χ3n) is 4.76. The maximum absolute atomic E-state index is 12.5. The van der Waals surface area contributed by atoms with Gasteiger partial charge in [-0.2, -0.15) is 0 Å². The first-order chi connectivity index (χ1) is 11.2. The van der Waals surface area contributed by atoms with Crippen molar-refractivity contribution in [3.05, 3.63) is 5.82 Å². The van der Waals surface area contributed by atoms with Gasteiger partial charge in [-0.3, -0.25) is 9.69 Å². The van der Waals surface area contributed by atoms with Crippen molar-refractivity contribution in [1.29, 1.82) is 0 Å². The molecular weight excluding hydrogens is 300 g/mol. The van der Waals surface area contributed by atoms with E-state index >= 15 is 0 Å². The summed E-state index contributed by atoms with van der Waals surface area (Å²) in [7, 11) is 0. The molecule has 1 aromatic rings. The minimum absolute atomic E-state index is 0.00308. The number of likely N-dealkylation sites (tertiary alicyclic amines) is 1. The highest BCUT2D eigenvalue weighted by Crippen LogP contribution is 2.24. The van der Waals surface area contributed by atoms with Crippen LogP contribution in [-0.2, 0) is 16.1 Å². The Bertz CT molecular complexity index is 530. The number of nitrogens with zero attached hydrogens (tertiary/aromatic N) is 6. The van der Waals surface area contributed by atoms with Gasteiger partial charge in [-0.15, -0.1) is 5.10 Å². The number of hydrogen-bond acceptors (Lipinski definition) is 7. The number of aryl methyl sites for hydroxylation is 1. The van der Waals surface area contributed by atoms with Gasteiger partial charge in [-0.05, 0) is 23.3 Å².